The number of hydrogen-bond donors (Lipinski definition) is 2. The minimum Gasteiger partial charge on any atom is -0.179 e. The van der Waals surface area contributed by atoms with Gasteiger partial charge in [-0.05, 0) is 179 Å². The molecule has 13 saturated carbocycles. The van der Waals surface area contributed by atoms with Gasteiger partial charge in [0, 0.05) is 4.75 Å². The molecule has 0 aromatic rings. The molecule has 13 fully saturated rings. The average Bonchev–Trinajstić information content (AvgIpc) is 3.73. The smallest absolute Gasteiger partial charge is 0.0758 e. The van der Waals surface area contributed by atoms with Crippen molar-refractivity contribution in [3.8, 4) is 0 Å². The van der Waals surface area contributed by atoms with Crippen LogP contribution in [0.4, 0.5) is 0 Å². The molecule has 0 aromatic carbocycles. The van der Waals surface area contributed by atoms with Crippen molar-refractivity contribution in [3.05, 3.63) is 0 Å². The van der Waals surface area contributed by atoms with Crippen LogP contribution in [0.15, 0.2) is 0 Å². The van der Waals surface area contributed by atoms with E-state index in [2.05, 4.69) is 13.8 Å². The first-order chi connectivity index (χ1) is 17.9. The number of hydrogen-bond acceptors (Lipinski definition) is 2. The van der Waals surface area contributed by atoms with Crippen LogP contribution in [-0.2, 0) is 0 Å². The normalized spacial score (nSPS) is 85.2. The minimum absolute atomic E-state index is 0.317. The van der Waals surface area contributed by atoms with E-state index in [0.717, 1.165) is 136 Å². The zero-order valence-corrected chi connectivity index (χ0v) is 24.3. The summed E-state index contributed by atoms with van der Waals surface area (Å²) in [4.78, 5) is 0. The zero-order valence-electron chi connectivity index (χ0n) is 22.5. The lowest BCUT2D eigenvalue weighted by atomic mass is 9.01. The summed E-state index contributed by atoms with van der Waals surface area (Å²) in [6.07, 6.45) is 7.56. The van der Waals surface area contributed by atoms with E-state index in [4.69, 9.17) is 33.1 Å². The predicted octanol–water partition coefficient (Wildman–Crippen LogP) is 6.24. The number of thiol groups is 2. The molecule has 0 bridgehead atoms. The van der Waals surface area contributed by atoms with Crippen LogP contribution in [-0.4, -0.2) is 18.3 Å². The summed E-state index contributed by atoms with van der Waals surface area (Å²) in [7, 11) is 7.64. The highest BCUT2D eigenvalue weighted by molar-refractivity contribution is 7.82. The van der Waals surface area contributed by atoms with E-state index in [1.54, 1.807) is 6.42 Å². The summed E-state index contributed by atoms with van der Waals surface area (Å²) < 4.78 is 0.468. The second kappa shape index (κ2) is 5.35. The number of fused-ring (bicyclic) bond motifs is 26. The summed E-state index contributed by atoms with van der Waals surface area (Å²) in [5.74, 6) is 26.0. The van der Waals surface area contributed by atoms with Crippen LogP contribution < -0.4 is 0 Å². The molecule has 37 heavy (non-hydrogen) atoms. The molecule has 0 nitrogen and oxygen atoms in total. The summed E-state index contributed by atoms with van der Waals surface area (Å²) in [5, 5.41) is 0.317. The maximum absolute atomic E-state index is 7.64. The molecule has 3 heteroatoms. The van der Waals surface area contributed by atoms with Gasteiger partial charge in [-0.15, -0.1) is 0 Å². The standard InChI is InChI=1S/C34H43BS2/c1-9-6-33(37)7-13(33)14(9)11-5-12-15(11)17-16(12)18-21(17)29-25(18)31-26-20-19-22(23(20)30(26)34(29,31)35)28-24(19)27(10-3-4-10)32(28,2)8-36/h9-31,36-37H,3-8H2,1-2H3. The van der Waals surface area contributed by atoms with Crippen molar-refractivity contribution >= 4 is 33.1 Å². The molecule has 0 spiro atoms. The van der Waals surface area contributed by atoms with E-state index in [-0.39, 0.29) is 0 Å². The molecule has 13 rings (SSSR count). The van der Waals surface area contributed by atoms with Gasteiger partial charge in [0.1, 0.15) is 0 Å². The van der Waals surface area contributed by atoms with Crippen LogP contribution in [0.3, 0.4) is 0 Å². The molecular formula is C34H43BS2. The Bertz CT molecular complexity index is 1230. The van der Waals surface area contributed by atoms with Gasteiger partial charge in [0.2, 0.25) is 0 Å². The molecule has 0 heterocycles. The summed E-state index contributed by atoms with van der Waals surface area (Å²) in [6.45, 7) is 5.24. The van der Waals surface area contributed by atoms with E-state index in [0.29, 0.717) is 15.5 Å². The van der Waals surface area contributed by atoms with Gasteiger partial charge in [-0.2, -0.15) is 25.3 Å². The Balaban J connectivity index is 0.779. The molecule has 13 aliphatic rings. The molecule has 25 atom stereocenters. The first-order valence-corrected chi connectivity index (χ1v) is 18.1. The van der Waals surface area contributed by atoms with Crippen LogP contribution in [0.1, 0.15) is 46.0 Å². The quantitative estimate of drug-likeness (QED) is 0.243. The molecule has 0 aliphatic heterocycles. The monoisotopic (exact) mass is 526 g/mol. The highest BCUT2D eigenvalue weighted by atomic mass is 32.1. The molecule has 0 aromatic heterocycles. The Kier molecular flexibility index (Phi) is 2.98. The molecule has 194 valence electrons. The van der Waals surface area contributed by atoms with Crippen LogP contribution in [0.5, 0.6) is 0 Å². The SMILES string of the molecule is [B]C12C3C4C5C6C(CC6C6C(C)CC7(S)CC67)C5C4C3C1C1C3C4C(C3C12)C1C4C(C2CC2)C1(C)CS. The van der Waals surface area contributed by atoms with Gasteiger partial charge in [-0.3, -0.25) is 0 Å². The third-order valence-corrected chi connectivity index (χ3v) is 20.6. The lowest BCUT2D eigenvalue weighted by Crippen LogP contribution is -2.96. The van der Waals surface area contributed by atoms with E-state index < -0.39 is 0 Å². The highest BCUT2D eigenvalue weighted by Gasteiger charge is 2.97. The summed E-state index contributed by atoms with van der Waals surface area (Å²) in [5.41, 5.74) is 0.575. The van der Waals surface area contributed by atoms with E-state index in [1.165, 1.54) is 31.6 Å². The van der Waals surface area contributed by atoms with Crippen molar-refractivity contribution in [2.75, 3.05) is 5.75 Å². The van der Waals surface area contributed by atoms with E-state index in [9.17, 15) is 0 Å². The van der Waals surface area contributed by atoms with Gasteiger partial charge in [0.25, 0.3) is 0 Å². The van der Waals surface area contributed by atoms with Crippen LogP contribution in [0, 0.1) is 142 Å². The molecule has 0 N–H and O–H groups in total. The van der Waals surface area contributed by atoms with Crippen LogP contribution in [0.2, 0.25) is 5.31 Å². The second-order valence-corrected chi connectivity index (χ2v) is 20.0. The molecule has 0 saturated heterocycles. The van der Waals surface area contributed by atoms with Gasteiger partial charge in [0.15, 0.2) is 0 Å². The third kappa shape index (κ3) is 1.60. The van der Waals surface area contributed by atoms with E-state index in [1.807, 2.05) is 0 Å². The van der Waals surface area contributed by atoms with Gasteiger partial charge in [-0.1, -0.05) is 19.2 Å². The van der Waals surface area contributed by atoms with Crippen molar-refractivity contribution < 1.29 is 0 Å². The van der Waals surface area contributed by atoms with Gasteiger partial charge in [0.05, 0.1) is 7.85 Å². The third-order valence-electron chi connectivity index (χ3n) is 19.2. The molecule has 0 amide bonds. The second-order valence-electron chi connectivity index (χ2n) is 18.8. The van der Waals surface area contributed by atoms with Gasteiger partial charge >= 0.3 is 0 Å². The Labute approximate surface area is 235 Å². The first-order valence-electron chi connectivity index (χ1n) is 17.0. The van der Waals surface area contributed by atoms with Crippen LogP contribution >= 0.6 is 25.3 Å². The maximum atomic E-state index is 7.64. The van der Waals surface area contributed by atoms with Crippen molar-refractivity contribution in [1.29, 1.82) is 0 Å². The Morgan fingerprint density at radius 1 is 0.676 bits per heavy atom. The Hall–Kier alpha value is 0.765. The minimum atomic E-state index is 0.317. The molecular weight excluding hydrogens is 483 g/mol. The number of rotatable bonds is 3. The summed E-state index contributed by atoms with van der Waals surface area (Å²) in [6, 6.07) is 0. The molecule has 25 unspecified atom stereocenters. The fraction of sp³-hybridized carbons (Fsp3) is 1.00. The Morgan fingerprint density at radius 3 is 1.89 bits per heavy atom. The first kappa shape index (κ1) is 20.6. The lowest BCUT2D eigenvalue weighted by molar-refractivity contribution is -0.503. The molecule has 2 radical (unpaired) electrons. The Morgan fingerprint density at radius 2 is 1.24 bits per heavy atom. The van der Waals surface area contributed by atoms with Crippen LogP contribution in [0.25, 0.3) is 0 Å². The van der Waals surface area contributed by atoms with Crippen molar-refractivity contribution in [3.63, 3.8) is 0 Å². The lowest BCUT2D eigenvalue weighted by Gasteiger charge is -3.01. The largest absolute Gasteiger partial charge is 0.179 e. The van der Waals surface area contributed by atoms with Gasteiger partial charge in [-0.25, -0.2) is 0 Å². The fourth-order valence-electron chi connectivity index (χ4n) is 18.8. The highest BCUT2D eigenvalue weighted by Crippen LogP contribution is 3.02. The zero-order chi connectivity index (χ0) is 24.0. The fourth-order valence-corrected chi connectivity index (χ4v) is 19.8. The van der Waals surface area contributed by atoms with Crippen molar-refractivity contribution in [1.82, 2.24) is 0 Å². The van der Waals surface area contributed by atoms with Crippen molar-refractivity contribution in [2.45, 2.75) is 56.0 Å². The maximum Gasteiger partial charge on any atom is 0.0758 e. The average molecular weight is 527 g/mol. The summed E-state index contributed by atoms with van der Waals surface area (Å²) >= 11 is 10.1. The van der Waals surface area contributed by atoms with Gasteiger partial charge < -0.3 is 0 Å². The topological polar surface area (TPSA) is 0 Å². The van der Waals surface area contributed by atoms with Crippen molar-refractivity contribution in [2.24, 2.45) is 142 Å². The molecule has 13 aliphatic carbocycles. The van der Waals surface area contributed by atoms with E-state index >= 15 is 0 Å². The predicted molar refractivity (Wildman–Crippen MR) is 151 cm³/mol.